The van der Waals surface area contributed by atoms with E-state index in [1.165, 1.54) is 12.4 Å². The SMILES string of the molecule is CCOC(=O)n1cc(C#N)cn1. The van der Waals surface area contributed by atoms with Crippen molar-refractivity contribution in [1.29, 1.82) is 5.26 Å². The first kappa shape index (κ1) is 8.27. The molecule has 0 atom stereocenters. The highest BCUT2D eigenvalue weighted by Crippen LogP contribution is 1.95. The Morgan fingerprint density at radius 2 is 2.67 bits per heavy atom. The van der Waals surface area contributed by atoms with Gasteiger partial charge in [0.25, 0.3) is 0 Å². The molecule has 5 heteroatoms. The molecule has 1 aromatic rings. The smallest absolute Gasteiger partial charge is 0.434 e. The molecular weight excluding hydrogens is 158 g/mol. The summed E-state index contributed by atoms with van der Waals surface area (Å²) in [6.07, 6.45) is 2.05. The highest BCUT2D eigenvalue weighted by atomic mass is 16.5. The van der Waals surface area contributed by atoms with Crippen molar-refractivity contribution < 1.29 is 9.53 Å². The van der Waals surface area contributed by atoms with Gasteiger partial charge in [-0.05, 0) is 6.92 Å². The second kappa shape index (κ2) is 3.53. The highest BCUT2D eigenvalue weighted by Gasteiger charge is 2.05. The molecule has 0 fully saturated rings. The molecule has 0 saturated carbocycles. The summed E-state index contributed by atoms with van der Waals surface area (Å²) in [7, 11) is 0. The highest BCUT2D eigenvalue weighted by molar-refractivity contribution is 5.69. The van der Waals surface area contributed by atoms with E-state index in [9.17, 15) is 4.79 Å². The minimum Gasteiger partial charge on any atom is -0.448 e. The Bertz CT molecular complexity index is 324. The van der Waals surface area contributed by atoms with Crippen molar-refractivity contribution in [2.24, 2.45) is 0 Å². The van der Waals surface area contributed by atoms with Gasteiger partial charge in [-0.2, -0.15) is 15.0 Å². The molecule has 0 N–H and O–H groups in total. The van der Waals surface area contributed by atoms with Crippen LogP contribution in [-0.4, -0.2) is 22.5 Å². The van der Waals surface area contributed by atoms with Gasteiger partial charge < -0.3 is 4.74 Å². The Balaban J connectivity index is 2.76. The van der Waals surface area contributed by atoms with Crippen molar-refractivity contribution in [3.8, 4) is 6.07 Å². The largest absolute Gasteiger partial charge is 0.448 e. The average Bonchev–Trinajstić information content (AvgIpc) is 2.52. The Morgan fingerprint density at radius 3 is 3.17 bits per heavy atom. The Kier molecular flexibility index (Phi) is 2.43. The lowest BCUT2D eigenvalue weighted by molar-refractivity contribution is 0.150. The Labute approximate surface area is 69.2 Å². The van der Waals surface area contributed by atoms with E-state index in [-0.39, 0.29) is 0 Å². The lowest BCUT2D eigenvalue weighted by atomic mass is 10.4. The van der Waals surface area contributed by atoms with Crippen LogP contribution in [-0.2, 0) is 4.74 Å². The van der Waals surface area contributed by atoms with Gasteiger partial charge >= 0.3 is 6.09 Å². The molecule has 0 aliphatic heterocycles. The van der Waals surface area contributed by atoms with Crippen molar-refractivity contribution in [2.45, 2.75) is 6.92 Å². The quantitative estimate of drug-likeness (QED) is 0.616. The van der Waals surface area contributed by atoms with Crippen LogP contribution in [0.5, 0.6) is 0 Å². The van der Waals surface area contributed by atoms with Gasteiger partial charge in [-0.3, -0.25) is 0 Å². The zero-order valence-corrected chi connectivity index (χ0v) is 6.52. The summed E-state index contributed by atoms with van der Waals surface area (Å²) in [5.74, 6) is 0. The number of hydrogen-bond acceptors (Lipinski definition) is 4. The molecule has 0 aromatic carbocycles. The molecule has 1 rings (SSSR count). The molecule has 0 amide bonds. The summed E-state index contributed by atoms with van der Waals surface area (Å²) in [5, 5.41) is 12.0. The molecule has 0 bridgehead atoms. The van der Waals surface area contributed by atoms with Crippen LogP contribution >= 0.6 is 0 Å². The summed E-state index contributed by atoms with van der Waals surface area (Å²) in [6.45, 7) is 1.99. The van der Waals surface area contributed by atoms with E-state index in [1.807, 2.05) is 6.07 Å². The molecule has 0 spiro atoms. The first-order chi connectivity index (χ1) is 5.77. The van der Waals surface area contributed by atoms with Crippen LogP contribution in [0.4, 0.5) is 4.79 Å². The summed E-state index contributed by atoms with van der Waals surface area (Å²) in [4.78, 5) is 10.9. The number of aromatic nitrogens is 2. The zero-order chi connectivity index (χ0) is 8.97. The summed E-state index contributed by atoms with van der Waals surface area (Å²) >= 11 is 0. The van der Waals surface area contributed by atoms with Gasteiger partial charge in [0.05, 0.1) is 24.6 Å². The fourth-order valence-electron chi connectivity index (χ4n) is 0.670. The van der Waals surface area contributed by atoms with Crippen molar-refractivity contribution in [1.82, 2.24) is 9.78 Å². The molecule has 0 saturated heterocycles. The maximum absolute atomic E-state index is 10.9. The van der Waals surface area contributed by atoms with E-state index in [4.69, 9.17) is 5.26 Å². The molecule has 12 heavy (non-hydrogen) atoms. The number of ether oxygens (including phenoxy) is 1. The predicted octanol–water partition coefficient (Wildman–Crippen LogP) is 0.759. The topological polar surface area (TPSA) is 67.9 Å². The van der Waals surface area contributed by atoms with Crippen molar-refractivity contribution >= 4 is 6.09 Å². The molecule has 1 aromatic heterocycles. The molecule has 1 heterocycles. The van der Waals surface area contributed by atoms with Gasteiger partial charge in [-0.1, -0.05) is 0 Å². The van der Waals surface area contributed by atoms with Gasteiger partial charge in [0, 0.05) is 0 Å². The van der Waals surface area contributed by atoms with Gasteiger partial charge in [0.15, 0.2) is 0 Å². The van der Waals surface area contributed by atoms with Gasteiger partial charge in [-0.25, -0.2) is 4.79 Å². The van der Waals surface area contributed by atoms with Gasteiger partial charge in [0.2, 0.25) is 0 Å². The normalized spacial score (nSPS) is 9.00. The van der Waals surface area contributed by atoms with Crippen LogP contribution in [0.1, 0.15) is 12.5 Å². The first-order valence-electron chi connectivity index (χ1n) is 3.39. The van der Waals surface area contributed by atoms with Gasteiger partial charge in [-0.15, -0.1) is 0 Å². The maximum atomic E-state index is 10.9. The minimum atomic E-state index is -0.570. The summed E-state index contributed by atoms with van der Waals surface area (Å²) < 4.78 is 5.63. The third-order valence-electron chi connectivity index (χ3n) is 1.17. The molecule has 0 aliphatic rings. The van der Waals surface area contributed by atoms with Crippen molar-refractivity contribution in [2.75, 3.05) is 6.61 Å². The monoisotopic (exact) mass is 165 g/mol. The third kappa shape index (κ3) is 1.61. The average molecular weight is 165 g/mol. The molecular formula is C7H7N3O2. The lowest BCUT2D eigenvalue weighted by Crippen LogP contribution is -2.13. The van der Waals surface area contributed by atoms with Crippen LogP contribution in [0.2, 0.25) is 0 Å². The third-order valence-corrected chi connectivity index (χ3v) is 1.17. The van der Waals surface area contributed by atoms with Crippen LogP contribution in [0.3, 0.4) is 0 Å². The molecule has 0 radical (unpaired) electrons. The molecule has 5 nitrogen and oxygen atoms in total. The van der Waals surface area contributed by atoms with E-state index in [1.54, 1.807) is 6.92 Å². The predicted molar refractivity (Wildman–Crippen MR) is 39.4 cm³/mol. The van der Waals surface area contributed by atoms with E-state index >= 15 is 0 Å². The fourth-order valence-corrected chi connectivity index (χ4v) is 0.670. The number of carbonyl (C=O) groups is 1. The van der Waals surface area contributed by atoms with E-state index in [0.717, 1.165) is 4.68 Å². The first-order valence-corrected chi connectivity index (χ1v) is 3.39. The van der Waals surface area contributed by atoms with Crippen LogP contribution in [0.25, 0.3) is 0 Å². The van der Waals surface area contributed by atoms with E-state index in [0.29, 0.717) is 12.2 Å². The second-order valence-corrected chi connectivity index (χ2v) is 1.98. The Morgan fingerprint density at radius 1 is 1.92 bits per heavy atom. The zero-order valence-electron chi connectivity index (χ0n) is 6.52. The summed E-state index contributed by atoms with van der Waals surface area (Å²) in [5.41, 5.74) is 0.336. The summed E-state index contributed by atoms with van der Waals surface area (Å²) in [6, 6.07) is 1.85. The van der Waals surface area contributed by atoms with Gasteiger partial charge in [0.1, 0.15) is 6.07 Å². The maximum Gasteiger partial charge on any atom is 0.434 e. The van der Waals surface area contributed by atoms with Crippen molar-refractivity contribution in [3.05, 3.63) is 18.0 Å². The minimum absolute atomic E-state index is 0.292. The molecule has 62 valence electrons. The number of carbonyl (C=O) groups excluding carboxylic acids is 1. The Hall–Kier alpha value is -1.83. The fraction of sp³-hybridized carbons (Fsp3) is 0.286. The van der Waals surface area contributed by atoms with E-state index in [2.05, 4.69) is 9.84 Å². The lowest BCUT2D eigenvalue weighted by Gasteiger charge is -1.98. The van der Waals surface area contributed by atoms with Crippen LogP contribution in [0, 0.1) is 11.3 Å². The van der Waals surface area contributed by atoms with E-state index < -0.39 is 6.09 Å². The molecule has 0 unspecified atom stereocenters. The number of nitriles is 1. The van der Waals surface area contributed by atoms with Crippen LogP contribution < -0.4 is 0 Å². The second-order valence-electron chi connectivity index (χ2n) is 1.98. The molecule has 0 aliphatic carbocycles. The van der Waals surface area contributed by atoms with Crippen LogP contribution in [0.15, 0.2) is 12.4 Å². The number of hydrogen-bond donors (Lipinski definition) is 0. The number of rotatable bonds is 1. The number of nitrogens with zero attached hydrogens (tertiary/aromatic N) is 3. The standard InChI is InChI=1S/C7H7N3O2/c1-2-12-7(11)10-5-6(3-8)4-9-10/h4-5H,2H2,1H3. The van der Waals surface area contributed by atoms with Crippen molar-refractivity contribution in [3.63, 3.8) is 0 Å².